The lowest BCUT2D eigenvalue weighted by Gasteiger charge is -2.26. The van der Waals surface area contributed by atoms with Gasteiger partial charge in [0.05, 0.1) is 13.1 Å². The molecule has 1 unspecified atom stereocenters. The highest BCUT2D eigenvalue weighted by molar-refractivity contribution is 5.95. The fourth-order valence-corrected chi connectivity index (χ4v) is 3.15. The molecule has 0 fully saturated rings. The molecule has 2 aromatic rings. The van der Waals surface area contributed by atoms with Gasteiger partial charge < -0.3 is 25.4 Å². The quantitative estimate of drug-likeness (QED) is 0.741. The highest BCUT2D eigenvalue weighted by Crippen LogP contribution is 2.30. The minimum absolute atomic E-state index is 0.122. The van der Waals surface area contributed by atoms with E-state index in [0.717, 1.165) is 22.4 Å². The Bertz CT molecular complexity index is 859. The number of aryl methyl sites for hydroxylation is 3. The summed E-state index contributed by atoms with van der Waals surface area (Å²) in [5, 5.41) is 8.10. The van der Waals surface area contributed by atoms with E-state index in [9.17, 15) is 9.59 Å². The summed E-state index contributed by atoms with van der Waals surface area (Å²) in [6.45, 7) is 6.41. The number of amides is 3. The van der Waals surface area contributed by atoms with Gasteiger partial charge in [0.25, 0.3) is 0 Å². The van der Waals surface area contributed by atoms with E-state index >= 15 is 0 Å². The number of fused-ring (bicyclic) bond motifs is 1. The fraction of sp³-hybridized carbons (Fsp3) is 0.333. The molecule has 0 saturated carbocycles. The van der Waals surface area contributed by atoms with Gasteiger partial charge in [-0.25, -0.2) is 4.79 Å². The molecule has 0 saturated heterocycles. The van der Waals surface area contributed by atoms with E-state index in [1.807, 2.05) is 57.2 Å². The second kappa shape index (κ2) is 8.65. The average Bonchev–Trinajstić information content (AvgIpc) is 2.67. The number of para-hydroxylation sites is 2. The predicted molar refractivity (Wildman–Crippen MR) is 107 cm³/mol. The standard InChI is InChI=1S/C21H25N3O4/c1-13-8-14(2)20(15(3)9-13)24-19(25)11-23-21(26)22-10-16-12-27-17-6-4-5-7-18(17)28-16/h4-9,16H,10-12H2,1-3H3,(H,24,25)(H2,22,23,26). The molecule has 0 spiro atoms. The van der Waals surface area contributed by atoms with Crippen LogP contribution in [0.3, 0.4) is 0 Å². The van der Waals surface area contributed by atoms with E-state index in [2.05, 4.69) is 16.0 Å². The minimum atomic E-state index is -0.435. The normalized spacial score (nSPS) is 14.9. The Labute approximate surface area is 164 Å². The second-order valence-corrected chi connectivity index (χ2v) is 6.88. The minimum Gasteiger partial charge on any atom is -0.486 e. The highest BCUT2D eigenvalue weighted by Gasteiger charge is 2.21. The average molecular weight is 383 g/mol. The maximum atomic E-state index is 12.2. The van der Waals surface area contributed by atoms with Crippen LogP contribution in [0.2, 0.25) is 0 Å². The Hall–Kier alpha value is -3.22. The molecule has 3 amide bonds. The van der Waals surface area contributed by atoms with Gasteiger partial charge in [-0.05, 0) is 44.0 Å². The molecule has 3 rings (SSSR count). The lowest BCUT2D eigenvalue weighted by molar-refractivity contribution is -0.115. The number of ether oxygens (including phenoxy) is 2. The number of carbonyl (C=O) groups is 2. The van der Waals surface area contributed by atoms with Crippen LogP contribution in [0.25, 0.3) is 0 Å². The zero-order valence-corrected chi connectivity index (χ0v) is 16.3. The second-order valence-electron chi connectivity index (χ2n) is 6.88. The van der Waals surface area contributed by atoms with E-state index in [-0.39, 0.29) is 25.1 Å². The van der Waals surface area contributed by atoms with Crippen LogP contribution in [0, 0.1) is 20.8 Å². The molecule has 3 N–H and O–H groups in total. The van der Waals surface area contributed by atoms with Crippen LogP contribution >= 0.6 is 0 Å². The third kappa shape index (κ3) is 4.94. The molecule has 7 heteroatoms. The molecule has 0 bridgehead atoms. The van der Waals surface area contributed by atoms with Crippen LogP contribution in [0.1, 0.15) is 16.7 Å². The van der Waals surface area contributed by atoms with Crippen molar-refractivity contribution in [3.05, 3.63) is 53.1 Å². The van der Waals surface area contributed by atoms with Crippen LogP contribution in [0.15, 0.2) is 36.4 Å². The van der Waals surface area contributed by atoms with Crippen LogP contribution in [-0.2, 0) is 4.79 Å². The van der Waals surface area contributed by atoms with E-state index in [1.165, 1.54) is 0 Å². The summed E-state index contributed by atoms with van der Waals surface area (Å²) in [4.78, 5) is 24.1. The summed E-state index contributed by atoms with van der Waals surface area (Å²) >= 11 is 0. The largest absolute Gasteiger partial charge is 0.486 e. The molecule has 1 atom stereocenters. The number of nitrogens with one attached hydrogen (secondary N) is 3. The molecule has 28 heavy (non-hydrogen) atoms. The van der Waals surface area contributed by atoms with Crippen molar-refractivity contribution in [3.8, 4) is 11.5 Å². The fourth-order valence-electron chi connectivity index (χ4n) is 3.15. The van der Waals surface area contributed by atoms with E-state index in [4.69, 9.17) is 9.47 Å². The highest BCUT2D eigenvalue weighted by atomic mass is 16.6. The zero-order chi connectivity index (χ0) is 20.1. The molecule has 0 radical (unpaired) electrons. The molecule has 148 valence electrons. The summed E-state index contributed by atoms with van der Waals surface area (Å²) in [7, 11) is 0. The van der Waals surface area contributed by atoms with Crippen LogP contribution in [0.5, 0.6) is 11.5 Å². The number of rotatable bonds is 5. The Morgan fingerprint density at radius 2 is 1.71 bits per heavy atom. The van der Waals surface area contributed by atoms with E-state index < -0.39 is 6.03 Å². The topological polar surface area (TPSA) is 88.7 Å². The summed E-state index contributed by atoms with van der Waals surface area (Å²) in [6, 6.07) is 11.0. The zero-order valence-electron chi connectivity index (χ0n) is 16.3. The van der Waals surface area contributed by atoms with Gasteiger partial charge in [0.15, 0.2) is 17.6 Å². The Balaban J connectivity index is 1.42. The molecule has 1 aliphatic rings. The van der Waals surface area contributed by atoms with Crippen molar-refractivity contribution >= 4 is 17.6 Å². The van der Waals surface area contributed by atoms with Crippen LogP contribution in [-0.4, -0.2) is 37.7 Å². The SMILES string of the molecule is Cc1cc(C)c(NC(=O)CNC(=O)NCC2COc3ccccc3O2)c(C)c1. The van der Waals surface area contributed by atoms with Crippen molar-refractivity contribution in [1.82, 2.24) is 10.6 Å². The summed E-state index contributed by atoms with van der Waals surface area (Å²) in [5.74, 6) is 1.07. The predicted octanol–water partition coefficient (Wildman–Crippen LogP) is 2.69. The monoisotopic (exact) mass is 383 g/mol. The van der Waals surface area contributed by atoms with Gasteiger partial charge in [0.1, 0.15) is 6.61 Å². The van der Waals surface area contributed by atoms with Gasteiger partial charge in [-0.15, -0.1) is 0 Å². The van der Waals surface area contributed by atoms with Crippen molar-refractivity contribution < 1.29 is 19.1 Å². The van der Waals surface area contributed by atoms with Gasteiger partial charge in [0.2, 0.25) is 5.91 Å². The number of urea groups is 1. The number of benzene rings is 2. The van der Waals surface area contributed by atoms with Crippen molar-refractivity contribution in [2.24, 2.45) is 0 Å². The number of hydrogen-bond donors (Lipinski definition) is 3. The van der Waals surface area contributed by atoms with Crippen LogP contribution in [0.4, 0.5) is 10.5 Å². The molecule has 1 heterocycles. The number of hydrogen-bond acceptors (Lipinski definition) is 4. The van der Waals surface area contributed by atoms with Crippen molar-refractivity contribution in [2.45, 2.75) is 26.9 Å². The first-order valence-electron chi connectivity index (χ1n) is 9.20. The summed E-state index contributed by atoms with van der Waals surface area (Å²) in [5.41, 5.74) is 3.90. The molecule has 0 aromatic heterocycles. The lowest BCUT2D eigenvalue weighted by atomic mass is 10.1. The van der Waals surface area contributed by atoms with Crippen LogP contribution < -0.4 is 25.4 Å². The molecule has 0 aliphatic carbocycles. The first-order valence-corrected chi connectivity index (χ1v) is 9.20. The third-order valence-corrected chi connectivity index (χ3v) is 4.41. The Morgan fingerprint density at radius 3 is 2.43 bits per heavy atom. The maximum Gasteiger partial charge on any atom is 0.315 e. The smallest absolute Gasteiger partial charge is 0.315 e. The molecule has 1 aliphatic heterocycles. The lowest BCUT2D eigenvalue weighted by Crippen LogP contribution is -2.46. The van der Waals surface area contributed by atoms with Gasteiger partial charge in [0, 0.05) is 5.69 Å². The van der Waals surface area contributed by atoms with E-state index in [0.29, 0.717) is 18.1 Å². The van der Waals surface area contributed by atoms with E-state index in [1.54, 1.807) is 0 Å². The first-order chi connectivity index (χ1) is 13.4. The Kier molecular flexibility index (Phi) is 6.03. The summed E-state index contributed by atoms with van der Waals surface area (Å²) < 4.78 is 11.4. The van der Waals surface area contributed by atoms with Gasteiger partial charge in [-0.1, -0.05) is 29.8 Å². The third-order valence-electron chi connectivity index (χ3n) is 4.41. The van der Waals surface area contributed by atoms with Crippen molar-refractivity contribution in [1.29, 1.82) is 0 Å². The number of carbonyl (C=O) groups excluding carboxylic acids is 2. The molecule has 2 aromatic carbocycles. The van der Waals surface area contributed by atoms with Gasteiger partial charge >= 0.3 is 6.03 Å². The molecular formula is C21H25N3O4. The van der Waals surface area contributed by atoms with Gasteiger partial charge in [-0.2, -0.15) is 0 Å². The van der Waals surface area contributed by atoms with Crippen molar-refractivity contribution in [2.75, 3.05) is 25.0 Å². The summed E-state index contributed by atoms with van der Waals surface area (Å²) in [6.07, 6.45) is -0.285. The molecular weight excluding hydrogens is 358 g/mol. The maximum absolute atomic E-state index is 12.2. The number of anilines is 1. The van der Waals surface area contributed by atoms with Crippen molar-refractivity contribution in [3.63, 3.8) is 0 Å². The van der Waals surface area contributed by atoms with Gasteiger partial charge in [-0.3, -0.25) is 4.79 Å². The first kappa shape index (κ1) is 19.5. The Morgan fingerprint density at radius 1 is 1.04 bits per heavy atom. The molecule has 7 nitrogen and oxygen atoms in total.